The number of allylic oxidation sites excluding steroid dienone is 1. The molecule has 0 fully saturated rings. The first-order chi connectivity index (χ1) is 20.1. The monoisotopic (exact) mass is 655 g/mol. The summed E-state index contributed by atoms with van der Waals surface area (Å²) >= 11 is 3.37. The number of hydrogen-bond acceptors (Lipinski definition) is 6. The lowest BCUT2D eigenvalue weighted by molar-refractivity contribution is -0.136. The maximum absolute atomic E-state index is 13.1. The van der Waals surface area contributed by atoms with Gasteiger partial charge in [-0.3, -0.25) is 4.79 Å². The number of nitrogens with zero attached hydrogens (tertiary/aromatic N) is 1. The number of aliphatic hydroxyl groups is 1. The van der Waals surface area contributed by atoms with Crippen LogP contribution < -0.4 is 20.5 Å². The number of benzene rings is 2. The van der Waals surface area contributed by atoms with Crippen LogP contribution in [0.15, 0.2) is 88.8 Å². The van der Waals surface area contributed by atoms with Gasteiger partial charge in [0, 0.05) is 19.2 Å². The largest absolute Gasteiger partial charge is 0.491 e. The van der Waals surface area contributed by atoms with Crippen molar-refractivity contribution >= 4 is 34.6 Å². The zero-order valence-electron chi connectivity index (χ0n) is 24.8. The Morgan fingerprint density at radius 2 is 1.67 bits per heavy atom. The molecule has 4 atom stereocenters. The predicted molar refractivity (Wildman–Crippen MR) is 172 cm³/mol. The molecule has 0 radical (unpaired) electrons. The zero-order chi connectivity index (χ0) is 30.5. The fourth-order valence-corrected chi connectivity index (χ4v) is 10.7. The number of aliphatic hydroxyl groups excluding tert-OH is 1. The summed E-state index contributed by atoms with van der Waals surface area (Å²) in [4.78, 5) is 25.7. The average molecular weight is 657 g/mol. The normalized spacial score (nSPS) is 20.6. The van der Waals surface area contributed by atoms with Crippen LogP contribution >= 0.6 is 15.9 Å². The van der Waals surface area contributed by atoms with Crippen LogP contribution in [-0.2, 0) is 9.47 Å². The van der Waals surface area contributed by atoms with Gasteiger partial charge in [-0.15, -0.1) is 6.58 Å². The van der Waals surface area contributed by atoms with E-state index in [0.717, 1.165) is 23.2 Å². The molecule has 1 aromatic heterocycles. The standard InChI is InChI=1S/C33H42BrNO6Si/c1-6-14-27-29(36)25(31(41-22-39-4)28-32(40-5)30(37)26(34)21-35(27)28)19-13-20-33(2,3)42(38,23-15-9-7-10-16-23)24-17-11-8-12-18-24/h6-12,15-18,21,25,27,29,31,36,38H,1,13-14,19-20,22H2,2-5H3. The quantitative estimate of drug-likeness (QED) is 0.151. The molecule has 0 bridgehead atoms. The number of pyridine rings is 1. The highest BCUT2D eigenvalue weighted by Gasteiger charge is 2.50. The number of rotatable bonds is 13. The lowest BCUT2D eigenvalue weighted by Gasteiger charge is -2.44. The van der Waals surface area contributed by atoms with Crippen molar-refractivity contribution in [1.29, 1.82) is 0 Å². The predicted octanol–water partition coefficient (Wildman–Crippen LogP) is 5.09. The molecule has 7 nitrogen and oxygen atoms in total. The van der Waals surface area contributed by atoms with E-state index in [1.54, 1.807) is 19.4 Å². The Balaban J connectivity index is 1.69. The lowest BCUT2D eigenvalue weighted by Crippen LogP contribution is -2.65. The maximum Gasteiger partial charge on any atom is 0.258 e. The second-order valence-electron chi connectivity index (χ2n) is 11.6. The van der Waals surface area contributed by atoms with Crippen LogP contribution in [0.1, 0.15) is 57.4 Å². The van der Waals surface area contributed by atoms with E-state index in [9.17, 15) is 14.7 Å². The van der Waals surface area contributed by atoms with Gasteiger partial charge in [0.2, 0.25) is 5.43 Å². The summed E-state index contributed by atoms with van der Waals surface area (Å²) < 4.78 is 19.3. The second-order valence-corrected chi connectivity index (χ2v) is 16.4. The van der Waals surface area contributed by atoms with Gasteiger partial charge in [-0.05, 0) is 50.6 Å². The van der Waals surface area contributed by atoms with Crippen LogP contribution in [0.4, 0.5) is 0 Å². The van der Waals surface area contributed by atoms with Gasteiger partial charge in [0.1, 0.15) is 12.9 Å². The van der Waals surface area contributed by atoms with Crippen molar-refractivity contribution in [2.24, 2.45) is 5.92 Å². The van der Waals surface area contributed by atoms with Gasteiger partial charge in [0.05, 0.1) is 29.4 Å². The molecule has 4 rings (SSSR count). The molecule has 2 N–H and O–H groups in total. The van der Waals surface area contributed by atoms with E-state index >= 15 is 0 Å². The third-order valence-corrected chi connectivity index (χ3v) is 13.8. The van der Waals surface area contributed by atoms with Crippen LogP contribution in [0.3, 0.4) is 0 Å². The van der Waals surface area contributed by atoms with Gasteiger partial charge >= 0.3 is 0 Å². The van der Waals surface area contributed by atoms with Crippen molar-refractivity contribution in [3.05, 3.63) is 99.9 Å². The highest BCUT2D eigenvalue weighted by Crippen LogP contribution is 2.47. The summed E-state index contributed by atoms with van der Waals surface area (Å²) in [7, 11) is -0.164. The molecular formula is C33H42BrNO6Si. The number of methoxy groups -OCH3 is 2. The average Bonchev–Trinajstić information content (AvgIpc) is 3.00. The Labute approximate surface area is 258 Å². The number of halogens is 1. The number of aromatic nitrogens is 1. The third-order valence-electron chi connectivity index (χ3n) is 8.71. The molecule has 0 aliphatic carbocycles. The Morgan fingerprint density at radius 1 is 1.07 bits per heavy atom. The summed E-state index contributed by atoms with van der Waals surface area (Å²) in [5.74, 6) is -0.162. The number of hydrogen-bond donors (Lipinski definition) is 2. The fraction of sp³-hybridized carbons (Fsp3) is 0.424. The van der Waals surface area contributed by atoms with E-state index in [2.05, 4.69) is 36.4 Å². The van der Waals surface area contributed by atoms with E-state index in [-0.39, 0.29) is 29.9 Å². The molecule has 0 saturated heterocycles. The lowest BCUT2D eigenvalue weighted by atomic mass is 9.79. The molecule has 2 heterocycles. The minimum absolute atomic E-state index is 0.00636. The maximum atomic E-state index is 13.1. The molecule has 0 saturated carbocycles. The summed E-state index contributed by atoms with van der Waals surface area (Å²) in [6.45, 7) is 8.20. The molecule has 0 spiro atoms. The molecule has 9 heteroatoms. The van der Waals surface area contributed by atoms with Crippen LogP contribution in [0.25, 0.3) is 0 Å². The van der Waals surface area contributed by atoms with Crippen LogP contribution in [0.2, 0.25) is 5.04 Å². The van der Waals surface area contributed by atoms with E-state index in [4.69, 9.17) is 14.2 Å². The Hall–Kier alpha value is -2.53. The van der Waals surface area contributed by atoms with Crippen molar-refractivity contribution < 1.29 is 24.1 Å². The molecule has 1 aliphatic heterocycles. The van der Waals surface area contributed by atoms with Crippen molar-refractivity contribution in [2.45, 2.75) is 62.8 Å². The minimum atomic E-state index is -3.18. The van der Waals surface area contributed by atoms with Gasteiger partial charge in [-0.1, -0.05) is 87.0 Å². The van der Waals surface area contributed by atoms with Gasteiger partial charge in [-0.25, -0.2) is 0 Å². The first-order valence-corrected chi connectivity index (χ1v) is 17.1. The van der Waals surface area contributed by atoms with Gasteiger partial charge in [0.15, 0.2) is 5.75 Å². The van der Waals surface area contributed by atoms with Crippen LogP contribution in [-0.4, -0.2) is 49.9 Å². The third kappa shape index (κ3) is 6.09. The molecule has 0 amide bonds. The van der Waals surface area contributed by atoms with Crippen LogP contribution in [0.5, 0.6) is 5.75 Å². The van der Waals surface area contributed by atoms with Gasteiger partial charge in [-0.2, -0.15) is 0 Å². The van der Waals surface area contributed by atoms with Crippen molar-refractivity contribution in [3.63, 3.8) is 0 Å². The highest BCUT2D eigenvalue weighted by atomic mass is 79.9. The van der Waals surface area contributed by atoms with E-state index in [0.29, 0.717) is 23.0 Å². The van der Waals surface area contributed by atoms with Crippen molar-refractivity contribution in [3.8, 4) is 5.75 Å². The summed E-state index contributed by atoms with van der Waals surface area (Å²) in [5, 5.41) is 13.3. The molecular weight excluding hydrogens is 614 g/mol. The molecule has 4 unspecified atom stereocenters. The summed E-state index contributed by atoms with van der Waals surface area (Å²) in [5.41, 5.74) is 0.314. The Kier molecular flexibility index (Phi) is 10.7. The van der Waals surface area contributed by atoms with E-state index in [1.807, 2.05) is 65.2 Å². The van der Waals surface area contributed by atoms with Gasteiger partial charge in [0.25, 0.3) is 8.32 Å². The smallest absolute Gasteiger partial charge is 0.258 e. The molecule has 2 aromatic carbocycles. The first kappa shape index (κ1) is 32.4. The highest BCUT2D eigenvalue weighted by molar-refractivity contribution is 9.10. The minimum Gasteiger partial charge on any atom is -0.491 e. The van der Waals surface area contributed by atoms with E-state index < -0.39 is 25.6 Å². The number of fused-ring (bicyclic) bond motifs is 1. The molecule has 3 aromatic rings. The fourth-order valence-electron chi connectivity index (χ4n) is 6.53. The molecule has 226 valence electrons. The second kappa shape index (κ2) is 13.8. The first-order valence-electron chi connectivity index (χ1n) is 14.3. The number of ether oxygens (including phenoxy) is 3. The van der Waals surface area contributed by atoms with Crippen molar-refractivity contribution in [1.82, 2.24) is 4.57 Å². The summed E-state index contributed by atoms with van der Waals surface area (Å²) in [6.07, 6.45) is 4.60. The Bertz CT molecular complexity index is 1360. The van der Waals surface area contributed by atoms with Gasteiger partial charge < -0.3 is 28.7 Å². The van der Waals surface area contributed by atoms with Crippen LogP contribution in [0, 0.1) is 5.92 Å². The Morgan fingerprint density at radius 3 is 2.19 bits per heavy atom. The topological polar surface area (TPSA) is 90.2 Å². The summed E-state index contributed by atoms with van der Waals surface area (Å²) in [6, 6.07) is 19.6. The molecule has 42 heavy (non-hydrogen) atoms. The van der Waals surface area contributed by atoms with E-state index in [1.165, 1.54) is 7.11 Å². The van der Waals surface area contributed by atoms with Crippen molar-refractivity contribution in [2.75, 3.05) is 21.0 Å². The SMILES string of the molecule is C=CCC1C(O)C(CCCC(C)(C)[Si](O)(c2ccccc2)c2ccccc2)C(OCOC)c2c(OC)c(=O)c(Br)cn21. The molecule has 1 aliphatic rings. The zero-order valence-corrected chi connectivity index (χ0v) is 27.4.